The molecule has 0 amide bonds. The second-order valence-electron chi connectivity index (χ2n) is 5.24. The third-order valence-electron chi connectivity index (χ3n) is 3.51. The van der Waals surface area contributed by atoms with Crippen molar-refractivity contribution in [3.63, 3.8) is 0 Å². The van der Waals surface area contributed by atoms with Crippen molar-refractivity contribution < 1.29 is 18.6 Å². The summed E-state index contributed by atoms with van der Waals surface area (Å²) in [6.07, 6.45) is 3.42. The van der Waals surface area contributed by atoms with Gasteiger partial charge in [-0.25, -0.2) is 0 Å². The molecule has 0 bridgehead atoms. The monoisotopic (exact) mass is 378 g/mol. The van der Waals surface area contributed by atoms with Gasteiger partial charge in [0.15, 0.2) is 11.5 Å². The number of carbonyl (C=O) groups excluding carboxylic acids is 2. The molecule has 0 saturated carbocycles. The van der Waals surface area contributed by atoms with Crippen molar-refractivity contribution in [2.45, 2.75) is 0 Å². The molecule has 4 rings (SSSR count). The molecule has 0 aliphatic carbocycles. The molecule has 0 aliphatic rings. The van der Waals surface area contributed by atoms with E-state index in [2.05, 4.69) is 15.6 Å². The van der Waals surface area contributed by atoms with Gasteiger partial charge < -0.3 is 20.1 Å². The number of aromatic nitrogens is 2. The Hall–Kier alpha value is -4.16. The molecule has 0 spiro atoms. The zero-order valence-corrected chi connectivity index (χ0v) is 15.0. The van der Waals surface area contributed by atoms with Gasteiger partial charge in [-0.05, 0) is 0 Å². The van der Waals surface area contributed by atoms with Crippen LogP contribution in [0.25, 0.3) is 22.6 Å². The minimum absolute atomic E-state index is 0.250. The van der Waals surface area contributed by atoms with E-state index in [0.29, 0.717) is 11.4 Å². The molecule has 28 heavy (non-hydrogen) atoms. The molecule has 0 aliphatic heterocycles. The van der Waals surface area contributed by atoms with Crippen LogP contribution in [-0.2, 0) is 9.59 Å². The molecule has 0 atom stereocenters. The van der Waals surface area contributed by atoms with E-state index in [0.717, 1.165) is 22.6 Å². The van der Waals surface area contributed by atoms with Gasteiger partial charge in [0.1, 0.15) is 11.4 Å². The Morgan fingerprint density at radius 1 is 0.821 bits per heavy atom. The minimum atomic E-state index is 0.250. The van der Waals surface area contributed by atoms with Gasteiger partial charge in [0.25, 0.3) is 0 Å². The molecule has 3 N–H and O–H groups in total. The van der Waals surface area contributed by atoms with Crippen molar-refractivity contribution in [2.75, 3.05) is 18.1 Å². The molecule has 2 aromatic heterocycles. The average molecular weight is 378 g/mol. The lowest BCUT2D eigenvalue weighted by atomic mass is 10.1. The van der Waals surface area contributed by atoms with E-state index in [-0.39, 0.29) is 6.15 Å². The van der Waals surface area contributed by atoms with Crippen molar-refractivity contribution in [1.82, 2.24) is 10.3 Å². The number of nitrogens with one attached hydrogen (secondary N) is 1. The predicted octanol–water partition coefficient (Wildman–Crippen LogP) is 3.72. The number of benzene rings is 2. The van der Waals surface area contributed by atoms with Gasteiger partial charge in [-0.2, -0.15) is 9.59 Å². The number of nitrogens with zero attached hydrogens (tertiary/aromatic N) is 2. The van der Waals surface area contributed by atoms with Crippen molar-refractivity contribution in [3.8, 4) is 22.6 Å². The average Bonchev–Trinajstić information content (AvgIpc) is 3.39. The molecule has 0 radical (unpaired) electrons. The Balaban J connectivity index is 0.000000176. The van der Waals surface area contributed by atoms with Crippen LogP contribution in [0.5, 0.6) is 0 Å². The van der Waals surface area contributed by atoms with Crippen LogP contribution >= 0.6 is 0 Å². The van der Waals surface area contributed by atoms with Crippen LogP contribution in [-0.4, -0.2) is 23.5 Å². The molecular formula is C20H18N4O4. The first-order chi connectivity index (χ1) is 13.7. The van der Waals surface area contributed by atoms with Crippen molar-refractivity contribution >= 4 is 17.5 Å². The molecule has 0 unspecified atom stereocenters. The Kier molecular flexibility index (Phi) is 7.74. The Labute approximate surface area is 160 Å². The highest BCUT2D eigenvalue weighted by molar-refractivity contribution is 5.71. The minimum Gasteiger partial charge on any atom is -0.394 e. The number of nitrogen functional groups attached to an aromatic ring is 1. The van der Waals surface area contributed by atoms with E-state index >= 15 is 0 Å². The van der Waals surface area contributed by atoms with Gasteiger partial charge in [-0.3, -0.25) is 0 Å². The highest BCUT2D eigenvalue weighted by Crippen LogP contribution is 2.26. The fourth-order valence-electron chi connectivity index (χ4n) is 2.27. The van der Waals surface area contributed by atoms with Gasteiger partial charge >= 0.3 is 6.15 Å². The number of hydrogen-bond donors (Lipinski definition) is 2. The van der Waals surface area contributed by atoms with Crippen molar-refractivity contribution in [3.05, 3.63) is 73.1 Å². The molecule has 4 aromatic rings. The highest BCUT2D eigenvalue weighted by atomic mass is 16.5. The SMILES string of the molecule is CNc1cnoc1-c1ccccc1.Nc1cnoc1-c1ccccc1.O=C=O. The van der Waals surface area contributed by atoms with Gasteiger partial charge in [-0.1, -0.05) is 71.0 Å². The van der Waals surface area contributed by atoms with Crippen LogP contribution < -0.4 is 11.1 Å². The molecular weight excluding hydrogens is 360 g/mol. The number of anilines is 2. The molecule has 0 fully saturated rings. The number of hydrogen-bond acceptors (Lipinski definition) is 8. The summed E-state index contributed by atoms with van der Waals surface area (Å²) in [6, 6.07) is 19.5. The molecule has 2 heterocycles. The fourth-order valence-corrected chi connectivity index (χ4v) is 2.27. The first-order valence-electron chi connectivity index (χ1n) is 8.14. The van der Waals surface area contributed by atoms with Crippen LogP contribution in [0.3, 0.4) is 0 Å². The number of nitrogens with two attached hydrogens (primary N) is 1. The van der Waals surface area contributed by atoms with Crippen molar-refractivity contribution in [2.24, 2.45) is 0 Å². The highest BCUT2D eigenvalue weighted by Gasteiger charge is 2.07. The van der Waals surface area contributed by atoms with Crippen LogP contribution in [0.4, 0.5) is 11.4 Å². The normalized spacial score (nSPS) is 9.18. The van der Waals surface area contributed by atoms with E-state index in [1.165, 1.54) is 6.20 Å². The van der Waals surface area contributed by atoms with Gasteiger partial charge in [0.05, 0.1) is 12.4 Å². The smallest absolute Gasteiger partial charge is 0.373 e. The molecule has 8 nitrogen and oxygen atoms in total. The van der Waals surface area contributed by atoms with Gasteiger partial charge in [0.2, 0.25) is 0 Å². The quantitative estimate of drug-likeness (QED) is 0.552. The molecule has 142 valence electrons. The van der Waals surface area contributed by atoms with E-state index in [4.69, 9.17) is 24.4 Å². The first kappa shape index (κ1) is 20.2. The Morgan fingerprint density at radius 3 is 1.75 bits per heavy atom. The van der Waals surface area contributed by atoms with Crippen LogP contribution in [0.2, 0.25) is 0 Å². The van der Waals surface area contributed by atoms with Gasteiger partial charge in [0, 0.05) is 18.2 Å². The summed E-state index contributed by atoms with van der Waals surface area (Å²) in [4.78, 5) is 16.2. The third kappa shape index (κ3) is 5.42. The Morgan fingerprint density at radius 2 is 1.29 bits per heavy atom. The topological polar surface area (TPSA) is 124 Å². The third-order valence-corrected chi connectivity index (χ3v) is 3.51. The standard InChI is InChI=1S/C10H10N2O.C9H8N2O.CO2/c1-11-9-7-12-13-10(9)8-5-3-2-4-6-8;10-8-6-11-12-9(8)7-4-2-1-3-5-7;2-1-3/h2-7,11H,1H3;1-6H,10H2;. The maximum atomic E-state index is 8.12. The van der Waals surface area contributed by atoms with Crippen molar-refractivity contribution in [1.29, 1.82) is 0 Å². The van der Waals surface area contributed by atoms with Crippen LogP contribution in [0.15, 0.2) is 82.1 Å². The second-order valence-corrected chi connectivity index (χ2v) is 5.24. The molecule has 2 aromatic carbocycles. The summed E-state index contributed by atoms with van der Waals surface area (Å²) in [7, 11) is 1.85. The number of rotatable bonds is 3. The van der Waals surface area contributed by atoms with E-state index in [1.807, 2.05) is 67.7 Å². The maximum Gasteiger partial charge on any atom is 0.373 e. The summed E-state index contributed by atoms with van der Waals surface area (Å²) >= 11 is 0. The maximum absolute atomic E-state index is 8.12. The predicted molar refractivity (Wildman–Crippen MR) is 103 cm³/mol. The largest absolute Gasteiger partial charge is 0.394 e. The van der Waals surface area contributed by atoms with Crippen LogP contribution in [0.1, 0.15) is 0 Å². The molecule has 8 heteroatoms. The summed E-state index contributed by atoms with van der Waals surface area (Å²) in [5.41, 5.74) is 9.08. The summed E-state index contributed by atoms with van der Waals surface area (Å²) in [5.74, 6) is 1.42. The van der Waals surface area contributed by atoms with E-state index < -0.39 is 0 Å². The summed E-state index contributed by atoms with van der Waals surface area (Å²) in [5, 5.41) is 10.3. The lowest BCUT2D eigenvalue weighted by Crippen LogP contribution is -1.87. The molecule has 0 saturated heterocycles. The zero-order valence-electron chi connectivity index (χ0n) is 15.0. The lowest BCUT2D eigenvalue weighted by Gasteiger charge is -1.98. The first-order valence-corrected chi connectivity index (χ1v) is 8.14. The summed E-state index contributed by atoms with van der Waals surface area (Å²) in [6.45, 7) is 0. The zero-order chi connectivity index (χ0) is 20.2. The lowest BCUT2D eigenvalue weighted by molar-refractivity contribution is -0.191. The van der Waals surface area contributed by atoms with E-state index in [9.17, 15) is 0 Å². The van der Waals surface area contributed by atoms with Gasteiger partial charge in [-0.15, -0.1) is 0 Å². The van der Waals surface area contributed by atoms with Crippen LogP contribution in [0, 0.1) is 0 Å². The fraction of sp³-hybridized carbons (Fsp3) is 0.0500. The van der Waals surface area contributed by atoms with E-state index in [1.54, 1.807) is 6.20 Å². The second kappa shape index (κ2) is 10.7. The Bertz CT molecular complexity index is 991. The summed E-state index contributed by atoms with van der Waals surface area (Å²) < 4.78 is 10.1.